The summed E-state index contributed by atoms with van der Waals surface area (Å²) in [5.41, 5.74) is 7.14. The van der Waals surface area contributed by atoms with Crippen LogP contribution in [0.3, 0.4) is 0 Å². The molecule has 1 unspecified atom stereocenters. The lowest BCUT2D eigenvalue weighted by molar-refractivity contribution is 0.412. The molecule has 0 fully saturated rings. The minimum atomic E-state index is -0.856. The molecule has 0 heterocycles. The van der Waals surface area contributed by atoms with Gasteiger partial charge in [0, 0.05) is 6.04 Å². The summed E-state index contributed by atoms with van der Waals surface area (Å²) in [5.74, 6) is -1.00. The lowest BCUT2D eigenvalue weighted by Gasteiger charge is -2.14. The smallest absolute Gasteiger partial charge is 0.162 e. The highest BCUT2D eigenvalue weighted by Crippen LogP contribution is 2.28. The second-order valence-corrected chi connectivity index (χ2v) is 5.27. The van der Waals surface area contributed by atoms with E-state index >= 15 is 0 Å². The zero-order chi connectivity index (χ0) is 14.7. The molecule has 0 radical (unpaired) electrons. The molecule has 0 spiro atoms. The normalized spacial score (nSPS) is 12.2. The van der Waals surface area contributed by atoms with Crippen molar-refractivity contribution in [2.24, 2.45) is 5.73 Å². The molecule has 0 aliphatic carbocycles. The molecule has 0 saturated heterocycles. The minimum Gasteiger partial charge on any atom is -0.496 e. The van der Waals surface area contributed by atoms with Crippen LogP contribution in [0.15, 0.2) is 40.9 Å². The maximum Gasteiger partial charge on any atom is 0.162 e. The van der Waals surface area contributed by atoms with Gasteiger partial charge in [0.25, 0.3) is 0 Å². The van der Waals surface area contributed by atoms with Gasteiger partial charge in [0.15, 0.2) is 11.6 Å². The Bertz CT molecular complexity index is 619. The van der Waals surface area contributed by atoms with Crippen LogP contribution >= 0.6 is 15.9 Å². The zero-order valence-electron chi connectivity index (χ0n) is 10.9. The van der Waals surface area contributed by atoms with Crippen LogP contribution in [0.25, 0.3) is 0 Å². The molecule has 2 nitrogen and oxygen atoms in total. The summed E-state index contributed by atoms with van der Waals surface area (Å²) >= 11 is 3.37. The predicted molar refractivity (Wildman–Crippen MR) is 77.7 cm³/mol. The number of hydrogen-bond donors (Lipinski definition) is 1. The Morgan fingerprint density at radius 3 is 2.65 bits per heavy atom. The average Bonchev–Trinajstić information content (AvgIpc) is 2.43. The van der Waals surface area contributed by atoms with Gasteiger partial charge in [0.1, 0.15) is 5.75 Å². The summed E-state index contributed by atoms with van der Waals surface area (Å²) in [5, 5.41) is 0. The van der Waals surface area contributed by atoms with E-state index < -0.39 is 17.7 Å². The molecule has 0 amide bonds. The Labute approximate surface area is 124 Å². The van der Waals surface area contributed by atoms with Crippen LogP contribution < -0.4 is 10.5 Å². The lowest BCUT2D eigenvalue weighted by atomic mass is 9.99. The van der Waals surface area contributed by atoms with Crippen LogP contribution in [0.1, 0.15) is 17.2 Å². The van der Waals surface area contributed by atoms with Gasteiger partial charge in [0.05, 0.1) is 11.6 Å². The maximum absolute atomic E-state index is 13.6. The molecule has 2 rings (SSSR count). The van der Waals surface area contributed by atoms with E-state index in [1.807, 2.05) is 12.1 Å². The van der Waals surface area contributed by atoms with Gasteiger partial charge in [-0.2, -0.15) is 0 Å². The molecular formula is C15H14BrF2NO. The fourth-order valence-electron chi connectivity index (χ4n) is 1.97. The number of hydrogen-bond acceptors (Lipinski definition) is 2. The van der Waals surface area contributed by atoms with Crippen molar-refractivity contribution in [3.8, 4) is 5.75 Å². The lowest BCUT2D eigenvalue weighted by Crippen LogP contribution is -2.14. The number of halogens is 3. The van der Waals surface area contributed by atoms with Crippen LogP contribution in [0.5, 0.6) is 5.75 Å². The molecule has 0 bridgehead atoms. The first-order chi connectivity index (χ1) is 9.52. The van der Waals surface area contributed by atoms with Crippen LogP contribution in [-0.4, -0.2) is 7.11 Å². The van der Waals surface area contributed by atoms with E-state index in [0.717, 1.165) is 16.1 Å². The Kier molecular flexibility index (Phi) is 4.73. The first kappa shape index (κ1) is 14.9. The van der Waals surface area contributed by atoms with Crippen molar-refractivity contribution in [1.82, 2.24) is 0 Å². The molecule has 2 aromatic rings. The van der Waals surface area contributed by atoms with Crippen molar-refractivity contribution >= 4 is 15.9 Å². The van der Waals surface area contributed by atoms with E-state index in [2.05, 4.69) is 15.9 Å². The molecule has 1 atom stereocenters. The molecule has 0 aromatic heterocycles. The van der Waals surface area contributed by atoms with Gasteiger partial charge in [0.2, 0.25) is 0 Å². The van der Waals surface area contributed by atoms with Crippen LogP contribution in [0, 0.1) is 11.6 Å². The second-order valence-electron chi connectivity index (χ2n) is 4.42. The molecule has 20 heavy (non-hydrogen) atoms. The van der Waals surface area contributed by atoms with Gasteiger partial charge in [-0.3, -0.25) is 0 Å². The molecule has 0 aliphatic heterocycles. The second kappa shape index (κ2) is 6.33. The van der Waals surface area contributed by atoms with Gasteiger partial charge in [-0.05, 0) is 51.7 Å². The van der Waals surface area contributed by atoms with Gasteiger partial charge in [-0.25, -0.2) is 8.78 Å². The quantitative estimate of drug-likeness (QED) is 0.912. The third-order valence-corrected chi connectivity index (χ3v) is 3.70. The topological polar surface area (TPSA) is 35.2 Å². The Morgan fingerprint density at radius 1 is 1.25 bits per heavy atom. The van der Waals surface area contributed by atoms with Gasteiger partial charge in [-0.15, -0.1) is 0 Å². The van der Waals surface area contributed by atoms with E-state index in [4.69, 9.17) is 10.5 Å². The number of benzene rings is 2. The molecule has 2 aromatic carbocycles. The van der Waals surface area contributed by atoms with Crippen LogP contribution in [0.4, 0.5) is 8.78 Å². The monoisotopic (exact) mass is 341 g/mol. The first-order valence-corrected chi connectivity index (χ1v) is 6.84. The highest BCUT2D eigenvalue weighted by molar-refractivity contribution is 9.10. The average molecular weight is 342 g/mol. The fraction of sp³-hybridized carbons (Fsp3) is 0.200. The van der Waals surface area contributed by atoms with Crippen molar-refractivity contribution in [3.63, 3.8) is 0 Å². The van der Waals surface area contributed by atoms with Crippen molar-refractivity contribution in [2.45, 2.75) is 12.5 Å². The highest BCUT2D eigenvalue weighted by atomic mass is 79.9. The number of ether oxygens (including phenoxy) is 1. The SMILES string of the molecule is COc1ccc(C(N)Cc2cccc(F)c2F)cc1Br. The summed E-state index contributed by atoms with van der Waals surface area (Å²) in [6.07, 6.45) is 0.225. The van der Waals surface area contributed by atoms with Gasteiger partial charge < -0.3 is 10.5 Å². The highest BCUT2D eigenvalue weighted by Gasteiger charge is 2.14. The molecule has 5 heteroatoms. The maximum atomic E-state index is 13.6. The Hall–Kier alpha value is -1.46. The summed E-state index contributed by atoms with van der Waals surface area (Å²) in [6.45, 7) is 0. The van der Waals surface area contributed by atoms with Crippen molar-refractivity contribution in [3.05, 3.63) is 63.6 Å². The Balaban J connectivity index is 2.21. The zero-order valence-corrected chi connectivity index (χ0v) is 12.5. The fourth-order valence-corrected chi connectivity index (χ4v) is 2.53. The van der Waals surface area contributed by atoms with E-state index in [0.29, 0.717) is 5.75 Å². The van der Waals surface area contributed by atoms with Crippen molar-refractivity contribution in [2.75, 3.05) is 7.11 Å². The number of nitrogens with two attached hydrogens (primary N) is 1. The van der Waals surface area contributed by atoms with Crippen LogP contribution in [-0.2, 0) is 6.42 Å². The summed E-state index contributed by atoms with van der Waals surface area (Å²) in [7, 11) is 1.57. The summed E-state index contributed by atoms with van der Waals surface area (Å²) in [4.78, 5) is 0. The van der Waals surface area contributed by atoms with E-state index in [1.54, 1.807) is 13.2 Å². The summed E-state index contributed by atoms with van der Waals surface area (Å²) in [6, 6.07) is 9.09. The third-order valence-electron chi connectivity index (χ3n) is 3.08. The van der Waals surface area contributed by atoms with E-state index in [-0.39, 0.29) is 12.0 Å². The summed E-state index contributed by atoms with van der Waals surface area (Å²) < 4.78 is 32.7. The molecular weight excluding hydrogens is 328 g/mol. The number of methoxy groups -OCH3 is 1. The predicted octanol–water partition coefficient (Wildman–Crippen LogP) is 3.98. The van der Waals surface area contributed by atoms with Crippen LogP contribution in [0.2, 0.25) is 0 Å². The van der Waals surface area contributed by atoms with E-state index in [9.17, 15) is 8.78 Å². The standard InChI is InChI=1S/C15H14BrF2NO/c1-20-14-6-5-9(7-11(14)16)13(19)8-10-3-2-4-12(17)15(10)18/h2-7,13H,8,19H2,1H3. The third kappa shape index (κ3) is 3.16. The molecule has 2 N–H and O–H groups in total. The van der Waals surface area contributed by atoms with Crippen molar-refractivity contribution in [1.29, 1.82) is 0 Å². The molecule has 106 valence electrons. The first-order valence-electron chi connectivity index (χ1n) is 6.05. The Morgan fingerprint density at radius 2 is 2.00 bits per heavy atom. The largest absolute Gasteiger partial charge is 0.496 e. The van der Waals surface area contributed by atoms with Gasteiger partial charge in [-0.1, -0.05) is 18.2 Å². The molecule has 0 saturated carbocycles. The molecule has 0 aliphatic rings. The number of rotatable bonds is 4. The van der Waals surface area contributed by atoms with Gasteiger partial charge >= 0.3 is 0 Å². The van der Waals surface area contributed by atoms with E-state index in [1.165, 1.54) is 12.1 Å². The minimum absolute atomic E-state index is 0.225. The van der Waals surface area contributed by atoms with Crippen molar-refractivity contribution < 1.29 is 13.5 Å².